The number of oxazole rings is 1. The number of urea groups is 1. The number of nitrogens with zero attached hydrogens (tertiary/aromatic N) is 1. The molecular formula is C16H14ClN3O2. The largest absolute Gasteiger partial charge is 0.441 e. The zero-order chi connectivity index (χ0) is 15.5. The number of aryl methyl sites for hydroxylation is 1. The minimum atomic E-state index is -0.293. The molecule has 0 bridgehead atoms. The van der Waals surface area contributed by atoms with Crippen LogP contribution in [0.1, 0.15) is 11.5 Å². The first-order valence-corrected chi connectivity index (χ1v) is 7.14. The fourth-order valence-electron chi connectivity index (χ4n) is 2.12. The number of aromatic nitrogens is 1. The van der Waals surface area contributed by atoms with Crippen molar-refractivity contribution in [2.45, 2.75) is 13.5 Å². The van der Waals surface area contributed by atoms with E-state index in [2.05, 4.69) is 15.6 Å². The number of fused-ring (bicyclic) bond motifs is 1. The van der Waals surface area contributed by atoms with Crippen LogP contribution in [0.2, 0.25) is 5.02 Å². The van der Waals surface area contributed by atoms with Gasteiger partial charge in [0.2, 0.25) is 0 Å². The highest BCUT2D eigenvalue weighted by atomic mass is 35.5. The summed E-state index contributed by atoms with van der Waals surface area (Å²) in [6.07, 6.45) is 0. The number of rotatable bonds is 3. The Morgan fingerprint density at radius 1 is 1.27 bits per heavy atom. The number of carbonyl (C=O) groups excluding carboxylic acids is 1. The van der Waals surface area contributed by atoms with Crippen molar-refractivity contribution in [2.75, 3.05) is 5.32 Å². The molecule has 0 aliphatic heterocycles. The number of benzene rings is 2. The lowest BCUT2D eigenvalue weighted by Gasteiger charge is -2.08. The third kappa shape index (κ3) is 3.38. The van der Waals surface area contributed by atoms with Crippen molar-refractivity contribution in [2.24, 2.45) is 0 Å². The molecule has 1 heterocycles. The van der Waals surface area contributed by atoms with Crippen molar-refractivity contribution in [1.29, 1.82) is 0 Å². The Balaban J connectivity index is 1.62. The summed E-state index contributed by atoms with van der Waals surface area (Å²) >= 11 is 5.87. The molecule has 5 nitrogen and oxygen atoms in total. The molecule has 0 saturated heterocycles. The van der Waals surface area contributed by atoms with E-state index in [0.717, 1.165) is 16.7 Å². The molecule has 2 amide bonds. The molecule has 0 aliphatic rings. The summed E-state index contributed by atoms with van der Waals surface area (Å²) < 4.78 is 5.42. The number of hydrogen-bond donors (Lipinski definition) is 2. The van der Waals surface area contributed by atoms with Crippen LogP contribution < -0.4 is 10.6 Å². The topological polar surface area (TPSA) is 67.2 Å². The molecule has 2 aromatic carbocycles. The van der Waals surface area contributed by atoms with Gasteiger partial charge in [-0.05, 0) is 35.9 Å². The van der Waals surface area contributed by atoms with E-state index in [9.17, 15) is 4.79 Å². The molecule has 0 spiro atoms. The number of hydrogen-bond acceptors (Lipinski definition) is 3. The Morgan fingerprint density at radius 3 is 2.95 bits per heavy atom. The van der Waals surface area contributed by atoms with Crippen molar-refractivity contribution in [1.82, 2.24) is 10.3 Å². The second kappa shape index (κ2) is 6.07. The zero-order valence-electron chi connectivity index (χ0n) is 11.9. The monoisotopic (exact) mass is 315 g/mol. The highest BCUT2D eigenvalue weighted by Gasteiger charge is 2.05. The van der Waals surface area contributed by atoms with Gasteiger partial charge < -0.3 is 15.1 Å². The fraction of sp³-hybridized carbons (Fsp3) is 0.125. The molecule has 0 fully saturated rings. The number of halogens is 1. The number of nitrogens with one attached hydrogen (secondary N) is 2. The van der Waals surface area contributed by atoms with Crippen LogP contribution in [0.15, 0.2) is 46.9 Å². The first-order valence-electron chi connectivity index (χ1n) is 6.77. The van der Waals surface area contributed by atoms with Crippen LogP contribution in [-0.4, -0.2) is 11.0 Å². The van der Waals surface area contributed by atoms with E-state index in [1.54, 1.807) is 31.2 Å². The average Bonchev–Trinajstić information content (AvgIpc) is 2.84. The van der Waals surface area contributed by atoms with Gasteiger partial charge >= 0.3 is 6.03 Å². The molecule has 6 heteroatoms. The van der Waals surface area contributed by atoms with E-state index >= 15 is 0 Å². The summed E-state index contributed by atoms with van der Waals surface area (Å²) in [6, 6.07) is 12.3. The third-order valence-electron chi connectivity index (χ3n) is 3.09. The molecule has 3 rings (SSSR count). The minimum absolute atomic E-state index is 0.293. The molecule has 0 saturated carbocycles. The molecule has 0 unspecified atom stereocenters. The van der Waals surface area contributed by atoms with Crippen molar-refractivity contribution in [3.8, 4) is 0 Å². The van der Waals surface area contributed by atoms with Crippen LogP contribution in [0.5, 0.6) is 0 Å². The van der Waals surface area contributed by atoms with E-state index in [0.29, 0.717) is 23.1 Å². The Bertz CT molecular complexity index is 829. The summed E-state index contributed by atoms with van der Waals surface area (Å²) in [6.45, 7) is 2.20. The summed E-state index contributed by atoms with van der Waals surface area (Å²) in [5.74, 6) is 0.624. The SMILES string of the molecule is Cc1nc2cc(CNC(=O)Nc3cccc(Cl)c3)ccc2o1. The molecule has 0 radical (unpaired) electrons. The van der Waals surface area contributed by atoms with Crippen molar-refractivity contribution >= 4 is 34.4 Å². The van der Waals surface area contributed by atoms with Crippen molar-refractivity contribution < 1.29 is 9.21 Å². The molecule has 1 aromatic heterocycles. The van der Waals surface area contributed by atoms with Crippen LogP contribution >= 0.6 is 11.6 Å². The third-order valence-corrected chi connectivity index (χ3v) is 3.33. The van der Waals surface area contributed by atoms with E-state index in [1.807, 2.05) is 18.2 Å². The highest BCUT2D eigenvalue weighted by molar-refractivity contribution is 6.30. The lowest BCUT2D eigenvalue weighted by Crippen LogP contribution is -2.28. The molecular weight excluding hydrogens is 302 g/mol. The van der Waals surface area contributed by atoms with E-state index in [4.69, 9.17) is 16.0 Å². The van der Waals surface area contributed by atoms with Gasteiger partial charge in [-0.2, -0.15) is 0 Å². The smallest absolute Gasteiger partial charge is 0.319 e. The minimum Gasteiger partial charge on any atom is -0.441 e. The van der Waals surface area contributed by atoms with Crippen LogP contribution in [0.25, 0.3) is 11.1 Å². The average molecular weight is 316 g/mol. The first-order chi connectivity index (χ1) is 10.6. The normalized spacial score (nSPS) is 10.6. The van der Waals surface area contributed by atoms with Gasteiger partial charge in [0.25, 0.3) is 0 Å². The van der Waals surface area contributed by atoms with Gasteiger partial charge in [-0.15, -0.1) is 0 Å². The van der Waals surface area contributed by atoms with Gasteiger partial charge in [0.1, 0.15) is 5.52 Å². The van der Waals surface area contributed by atoms with Crippen LogP contribution in [-0.2, 0) is 6.54 Å². The lowest BCUT2D eigenvalue weighted by atomic mass is 10.2. The second-order valence-electron chi connectivity index (χ2n) is 4.85. The standard InChI is InChI=1S/C16H14ClN3O2/c1-10-19-14-7-11(5-6-15(14)22-10)9-18-16(21)20-13-4-2-3-12(17)8-13/h2-8H,9H2,1H3,(H2,18,20,21). The molecule has 0 atom stereocenters. The second-order valence-corrected chi connectivity index (χ2v) is 5.29. The van der Waals surface area contributed by atoms with Crippen LogP contribution in [0.3, 0.4) is 0 Å². The Kier molecular flexibility index (Phi) is 3.98. The molecule has 0 aliphatic carbocycles. The number of amides is 2. The Hall–Kier alpha value is -2.53. The van der Waals surface area contributed by atoms with E-state index in [1.165, 1.54) is 0 Å². The summed E-state index contributed by atoms with van der Waals surface area (Å²) in [7, 11) is 0. The van der Waals surface area contributed by atoms with Crippen LogP contribution in [0.4, 0.5) is 10.5 Å². The van der Waals surface area contributed by atoms with Gasteiger partial charge in [-0.3, -0.25) is 0 Å². The lowest BCUT2D eigenvalue weighted by molar-refractivity contribution is 0.251. The van der Waals surface area contributed by atoms with Crippen molar-refractivity contribution in [3.63, 3.8) is 0 Å². The summed E-state index contributed by atoms with van der Waals surface area (Å²) in [5, 5.41) is 6.09. The van der Waals surface area contributed by atoms with Gasteiger partial charge in [0.05, 0.1) is 0 Å². The summed E-state index contributed by atoms with van der Waals surface area (Å²) in [4.78, 5) is 16.1. The molecule has 2 N–H and O–H groups in total. The fourth-order valence-corrected chi connectivity index (χ4v) is 2.31. The van der Waals surface area contributed by atoms with Crippen molar-refractivity contribution in [3.05, 3.63) is 58.9 Å². The maximum Gasteiger partial charge on any atom is 0.319 e. The number of carbonyl (C=O) groups is 1. The highest BCUT2D eigenvalue weighted by Crippen LogP contribution is 2.17. The molecule has 22 heavy (non-hydrogen) atoms. The maximum atomic E-state index is 11.9. The van der Waals surface area contributed by atoms with Gasteiger partial charge in [0.15, 0.2) is 11.5 Å². The molecule has 3 aromatic rings. The zero-order valence-corrected chi connectivity index (χ0v) is 12.6. The maximum absolute atomic E-state index is 11.9. The predicted molar refractivity (Wildman–Crippen MR) is 86.1 cm³/mol. The van der Waals surface area contributed by atoms with Gasteiger partial charge in [0, 0.05) is 24.2 Å². The summed E-state index contributed by atoms with van der Waals surface area (Å²) in [5.41, 5.74) is 3.12. The van der Waals surface area contributed by atoms with Crippen LogP contribution in [0, 0.1) is 6.92 Å². The van der Waals surface area contributed by atoms with Gasteiger partial charge in [-0.25, -0.2) is 9.78 Å². The predicted octanol–water partition coefficient (Wildman–Crippen LogP) is 4.11. The molecule has 112 valence electrons. The van der Waals surface area contributed by atoms with E-state index < -0.39 is 0 Å². The van der Waals surface area contributed by atoms with Gasteiger partial charge in [-0.1, -0.05) is 23.7 Å². The Labute approximate surface area is 132 Å². The van der Waals surface area contributed by atoms with E-state index in [-0.39, 0.29) is 6.03 Å². The quantitative estimate of drug-likeness (QED) is 0.764. The first kappa shape index (κ1) is 14.4. The Morgan fingerprint density at radius 2 is 2.14 bits per heavy atom. The number of anilines is 1.